The number of allylic oxidation sites excluding steroid dienone is 1. The lowest BCUT2D eigenvalue weighted by molar-refractivity contribution is -0.137. The third-order valence-corrected chi connectivity index (χ3v) is 3.24. The number of hydrogen-bond acceptors (Lipinski definition) is 3. The Morgan fingerprint density at radius 3 is 2.50 bits per heavy atom. The second-order valence-corrected chi connectivity index (χ2v) is 4.73. The van der Waals surface area contributed by atoms with E-state index in [1.54, 1.807) is 13.0 Å². The van der Waals surface area contributed by atoms with Crippen molar-refractivity contribution in [3.63, 3.8) is 0 Å². The number of ether oxygens (including phenoxy) is 1. The van der Waals surface area contributed by atoms with Crippen LogP contribution in [-0.2, 0) is 16.0 Å². The van der Waals surface area contributed by atoms with Gasteiger partial charge >= 0.3 is 5.97 Å². The van der Waals surface area contributed by atoms with Gasteiger partial charge in [-0.3, -0.25) is 0 Å². The molecule has 2 aromatic carbocycles. The van der Waals surface area contributed by atoms with Crippen molar-refractivity contribution in [1.29, 1.82) is 5.26 Å². The third-order valence-electron chi connectivity index (χ3n) is 3.24. The van der Waals surface area contributed by atoms with Gasteiger partial charge in [-0.1, -0.05) is 48.5 Å². The van der Waals surface area contributed by atoms with Gasteiger partial charge in [-0.15, -0.1) is 0 Å². The molecular weight excluding hydrogens is 274 g/mol. The topological polar surface area (TPSA) is 50.1 Å². The van der Waals surface area contributed by atoms with Gasteiger partial charge in [0, 0.05) is 6.08 Å². The van der Waals surface area contributed by atoms with E-state index >= 15 is 0 Å². The molecule has 22 heavy (non-hydrogen) atoms. The van der Waals surface area contributed by atoms with Crippen LogP contribution in [0.3, 0.4) is 0 Å². The molecule has 0 aliphatic heterocycles. The van der Waals surface area contributed by atoms with Crippen LogP contribution in [0.15, 0.2) is 60.7 Å². The molecule has 0 aromatic heterocycles. The first-order valence-corrected chi connectivity index (χ1v) is 7.15. The summed E-state index contributed by atoms with van der Waals surface area (Å²) in [6.45, 7) is 2.12. The predicted molar refractivity (Wildman–Crippen MR) is 85.9 cm³/mol. The molecule has 2 rings (SSSR count). The second-order valence-electron chi connectivity index (χ2n) is 4.73. The first-order chi connectivity index (χ1) is 10.7. The summed E-state index contributed by atoms with van der Waals surface area (Å²) in [5.41, 5.74) is 3.29. The van der Waals surface area contributed by atoms with Crippen LogP contribution in [0.5, 0.6) is 0 Å². The highest BCUT2D eigenvalue weighted by molar-refractivity contribution is 5.92. The molecule has 0 amide bonds. The van der Waals surface area contributed by atoms with Crippen LogP contribution < -0.4 is 0 Å². The Morgan fingerprint density at radius 2 is 1.82 bits per heavy atom. The number of nitrogens with zero attached hydrogens (tertiary/aromatic N) is 1. The zero-order chi connectivity index (χ0) is 15.8. The van der Waals surface area contributed by atoms with Crippen LogP contribution in [-0.4, -0.2) is 12.6 Å². The molecule has 0 aliphatic carbocycles. The monoisotopic (exact) mass is 291 g/mol. The molecule has 0 spiro atoms. The summed E-state index contributed by atoms with van der Waals surface area (Å²) in [6, 6.07) is 19.3. The van der Waals surface area contributed by atoms with Gasteiger partial charge in [0.25, 0.3) is 0 Å². The van der Waals surface area contributed by atoms with Crippen molar-refractivity contribution in [2.75, 3.05) is 6.61 Å². The molecule has 0 aliphatic rings. The lowest BCUT2D eigenvalue weighted by Crippen LogP contribution is -2.03. The Morgan fingerprint density at radius 1 is 1.14 bits per heavy atom. The summed E-state index contributed by atoms with van der Waals surface area (Å²) in [5, 5.41) is 9.21. The number of esters is 1. The largest absolute Gasteiger partial charge is 0.463 e. The van der Waals surface area contributed by atoms with Gasteiger partial charge in [-0.2, -0.15) is 5.26 Å². The van der Waals surface area contributed by atoms with Gasteiger partial charge in [0.2, 0.25) is 0 Å². The maximum Gasteiger partial charge on any atom is 0.331 e. The highest BCUT2D eigenvalue weighted by atomic mass is 16.5. The van der Waals surface area contributed by atoms with E-state index in [-0.39, 0.29) is 5.97 Å². The van der Waals surface area contributed by atoms with Crippen molar-refractivity contribution < 1.29 is 9.53 Å². The van der Waals surface area contributed by atoms with E-state index < -0.39 is 0 Å². The van der Waals surface area contributed by atoms with Crippen molar-refractivity contribution in [2.24, 2.45) is 0 Å². The highest BCUT2D eigenvalue weighted by Crippen LogP contribution is 2.21. The summed E-state index contributed by atoms with van der Waals surface area (Å²) in [7, 11) is 0. The molecule has 3 heteroatoms. The quantitative estimate of drug-likeness (QED) is 0.622. The molecule has 0 N–H and O–H groups in total. The normalized spacial score (nSPS) is 10.8. The molecule has 0 fully saturated rings. The molecule has 0 radical (unpaired) electrons. The Bertz CT molecular complexity index is 712. The number of carbonyl (C=O) groups excluding carboxylic acids is 1. The Balaban J connectivity index is 2.37. The number of nitriles is 1. The van der Waals surface area contributed by atoms with Crippen LogP contribution in [0.2, 0.25) is 0 Å². The van der Waals surface area contributed by atoms with Gasteiger partial charge < -0.3 is 4.74 Å². The Kier molecular flexibility index (Phi) is 5.50. The zero-order valence-electron chi connectivity index (χ0n) is 12.5. The van der Waals surface area contributed by atoms with Crippen LogP contribution in [0.25, 0.3) is 5.57 Å². The van der Waals surface area contributed by atoms with Crippen LogP contribution in [0.1, 0.15) is 23.6 Å². The van der Waals surface area contributed by atoms with E-state index in [2.05, 4.69) is 6.07 Å². The minimum absolute atomic E-state index is 0.339. The number of rotatable bonds is 5. The maximum absolute atomic E-state index is 11.8. The molecule has 0 heterocycles. The molecule has 0 bridgehead atoms. The Labute approximate surface area is 130 Å². The molecule has 0 saturated heterocycles. The maximum atomic E-state index is 11.8. The van der Waals surface area contributed by atoms with E-state index in [0.29, 0.717) is 18.6 Å². The fourth-order valence-corrected chi connectivity index (χ4v) is 2.20. The summed E-state index contributed by atoms with van der Waals surface area (Å²) < 4.78 is 5.01. The molecule has 0 unspecified atom stereocenters. The number of carbonyl (C=O) groups is 1. The van der Waals surface area contributed by atoms with Gasteiger partial charge in [-0.25, -0.2) is 4.79 Å². The van der Waals surface area contributed by atoms with Gasteiger partial charge in [0.1, 0.15) is 0 Å². The summed E-state index contributed by atoms with van der Waals surface area (Å²) >= 11 is 0. The smallest absolute Gasteiger partial charge is 0.331 e. The molecule has 110 valence electrons. The molecule has 0 saturated carbocycles. The minimum Gasteiger partial charge on any atom is -0.463 e. The lowest BCUT2D eigenvalue weighted by atomic mass is 9.95. The summed E-state index contributed by atoms with van der Waals surface area (Å²) in [5.74, 6) is -0.365. The minimum atomic E-state index is -0.365. The summed E-state index contributed by atoms with van der Waals surface area (Å²) in [6.07, 6.45) is 2.01. The van der Waals surface area contributed by atoms with Crippen molar-refractivity contribution in [1.82, 2.24) is 0 Å². The van der Waals surface area contributed by atoms with Gasteiger partial charge in [-0.05, 0) is 36.1 Å². The van der Waals surface area contributed by atoms with E-state index in [1.807, 2.05) is 48.5 Å². The van der Waals surface area contributed by atoms with E-state index in [1.165, 1.54) is 6.08 Å². The summed E-state index contributed by atoms with van der Waals surface area (Å²) in [4.78, 5) is 11.8. The first-order valence-electron chi connectivity index (χ1n) is 7.15. The molecule has 2 aromatic rings. The van der Waals surface area contributed by atoms with Crippen LogP contribution in [0, 0.1) is 11.3 Å². The second kappa shape index (κ2) is 7.80. The number of hydrogen-bond donors (Lipinski definition) is 0. The van der Waals surface area contributed by atoms with Crippen molar-refractivity contribution in [3.05, 3.63) is 77.4 Å². The third kappa shape index (κ3) is 4.07. The first kappa shape index (κ1) is 15.5. The predicted octanol–water partition coefficient (Wildman–Crippen LogP) is 3.75. The number of benzene rings is 2. The lowest BCUT2D eigenvalue weighted by Gasteiger charge is -2.09. The van der Waals surface area contributed by atoms with E-state index in [9.17, 15) is 10.1 Å². The van der Waals surface area contributed by atoms with Gasteiger partial charge in [0.15, 0.2) is 0 Å². The molecular formula is C19H17NO2. The average molecular weight is 291 g/mol. The Hall–Kier alpha value is -2.86. The average Bonchev–Trinajstić information content (AvgIpc) is 2.56. The standard InChI is InChI=1S/C19H17NO2/c1-2-22-19(21)13-18(15-8-4-3-5-9-15)12-16-10-6-7-11-17(16)14-20/h3-11,13H,2,12H2,1H3/b18-13-. The zero-order valence-corrected chi connectivity index (χ0v) is 12.5. The fraction of sp³-hybridized carbons (Fsp3) is 0.158. The van der Waals surface area contributed by atoms with Crippen molar-refractivity contribution in [3.8, 4) is 6.07 Å². The molecule has 0 atom stereocenters. The SMILES string of the molecule is CCOC(=O)/C=C(/Cc1ccccc1C#N)c1ccccc1. The van der Waals surface area contributed by atoms with E-state index in [0.717, 1.165) is 16.7 Å². The highest BCUT2D eigenvalue weighted by Gasteiger charge is 2.09. The van der Waals surface area contributed by atoms with Crippen LogP contribution >= 0.6 is 0 Å². The van der Waals surface area contributed by atoms with Crippen molar-refractivity contribution >= 4 is 11.5 Å². The van der Waals surface area contributed by atoms with E-state index in [4.69, 9.17) is 4.74 Å². The van der Waals surface area contributed by atoms with Gasteiger partial charge in [0.05, 0.1) is 18.2 Å². The fourth-order valence-electron chi connectivity index (χ4n) is 2.20. The van der Waals surface area contributed by atoms with Crippen molar-refractivity contribution in [2.45, 2.75) is 13.3 Å². The van der Waals surface area contributed by atoms with Crippen LogP contribution in [0.4, 0.5) is 0 Å². The molecule has 3 nitrogen and oxygen atoms in total.